The van der Waals surface area contributed by atoms with Gasteiger partial charge >= 0.3 is 0 Å². The molecule has 0 aromatic carbocycles. The van der Waals surface area contributed by atoms with Crippen molar-refractivity contribution in [3.8, 4) is 0 Å². The van der Waals surface area contributed by atoms with Gasteiger partial charge in [-0.05, 0) is 76.5 Å². The van der Waals surface area contributed by atoms with E-state index in [9.17, 15) is 0 Å². The van der Waals surface area contributed by atoms with Crippen LogP contribution in [0.1, 0.15) is 38.5 Å². The molecule has 0 saturated carbocycles. The van der Waals surface area contributed by atoms with Crippen LogP contribution in [0, 0.1) is 11.8 Å². The van der Waals surface area contributed by atoms with Crippen LogP contribution < -0.4 is 0 Å². The zero-order valence-corrected chi connectivity index (χ0v) is 13.5. The van der Waals surface area contributed by atoms with Crippen molar-refractivity contribution in [1.29, 1.82) is 0 Å². The van der Waals surface area contributed by atoms with Crippen LogP contribution in [-0.2, 0) is 0 Å². The van der Waals surface area contributed by atoms with Crippen LogP contribution in [-0.4, -0.2) is 0 Å². The lowest BCUT2D eigenvalue weighted by Gasteiger charge is -2.35. The standard InChI is InChI=1S/C18H21I/c19-16-11-12-17(14-7-3-1-4-8-14)18(13-16)15-9-5-2-6-10-15/h1-3,5,7,9,11,17-18H,4,6,8,10,12-13H2. The molecule has 0 N–H and O–H groups in total. The predicted octanol–water partition coefficient (Wildman–Crippen LogP) is 5.88. The molecule has 3 aliphatic carbocycles. The van der Waals surface area contributed by atoms with E-state index in [1.54, 1.807) is 14.7 Å². The Balaban J connectivity index is 1.87. The van der Waals surface area contributed by atoms with Crippen LogP contribution in [0.5, 0.6) is 0 Å². The van der Waals surface area contributed by atoms with E-state index in [4.69, 9.17) is 0 Å². The Bertz CT molecular complexity index is 488. The molecule has 0 heterocycles. The van der Waals surface area contributed by atoms with Crippen molar-refractivity contribution in [1.82, 2.24) is 0 Å². The van der Waals surface area contributed by atoms with E-state index in [1.165, 1.54) is 38.5 Å². The lowest BCUT2D eigenvalue weighted by atomic mass is 9.71. The molecule has 3 aliphatic rings. The molecule has 0 spiro atoms. The van der Waals surface area contributed by atoms with Gasteiger partial charge in [0.1, 0.15) is 0 Å². The van der Waals surface area contributed by atoms with Crippen molar-refractivity contribution >= 4 is 22.6 Å². The topological polar surface area (TPSA) is 0 Å². The van der Waals surface area contributed by atoms with Gasteiger partial charge in [-0.2, -0.15) is 0 Å². The van der Waals surface area contributed by atoms with E-state index in [1.807, 2.05) is 0 Å². The lowest BCUT2D eigenvalue weighted by molar-refractivity contribution is 0.399. The summed E-state index contributed by atoms with van der Waals surface area (Å²) < 4.78 is 1.56. The van der Waals surface area contributed by atoms with Gasteiger partial charge in [0.25, 0.3) is 0 Å². The SMILES string of the molecule is IC1=CCC(C2=CC=CCC2)C(C2=CC=CCC2)C1. The van der Waals surface area contributed by atoms with Crippen LogP contribution >= 0.6 is 22.6 Å². The average molecular weight is 364 g/mol. The fraction of sp³-hybridized carbons (Fsp3) is 0.444. The van der Waals surface area contributed by atoms with Crippen molar-refractivity contribution in [3.05, 3.63) is 57.3 Å². The van der Waals surface area contributed by atoms with E-state index in [-0.39, 0.29) is 0 Å². The number of hydrogen-bond donors (Lipinski definition) is 0. The van der Waals surface area contributed by atoms with Crippen molar-refractivity contribution < 1.29 is 0 Å². The van der Waals surface area contributed by atoms with Gasteiger partial charge in [0.15, 0.2) is 0 Å². The van der Waals surface area contributed by atoms with Crippen LogP contribution in [0.15, 0.2) is 57.3 Å². The molecule has 0 saturated heterocycles. The maximum absolute atomic E-state index is 2.53. The van der Waals surface area contributed by atoms with Gasteiger partial charge in [0.2, 0.25) is 0 Å². The highest BCUT2D eigenvalue weighted by Gasteiger charge is 2.30. The summed E-state index contributed by atoms with van der Waals surface area (Å²) >= 11 is 2.53. The maximum Gasteiger partial charge on any atom is -0.00865 e. The van der Waals surface area contributed by atoms with Gasteiger partial charge in [0.05, 0.1) is 0 Å². The second kappa shape index (κ2) is 6.25. The summed E-state index contributed by atoms with van der Waals surface area (Å²) in [5, 5.41) is 0. The van der Waals surface area contributed by atoms with Crippen molar-refractivity contribution in [2.45, 2.75) is 38.5 Å². The number of hydrogen-bond acceptors (Lipinski definition) is 0. The second-order valence-corrected chi connectivity index (χ2v) is 7.11. The van der Waals surface area contributed by atoms with Crippen molar-refractivity contribution in [2.75, 3.05) is 0 Å². The third-order valence-electron chi connectivity index (χ3n) is 4.54. The average Bonchev–Trinajstić information content (AvgIpc) is 2.49. The van der Waals surface area contributed by atoms with E-state index in [0.29, 0.717) is 0 Å². The molecule has 0 aromatic heterocycles. The summed E-state index contributed by atoms with van der Waals surface area (Å²) in [5.74, 6) is 1.50. The molecule has 3 rings (SSSR count). The molecule has 2 atom stereocenters. The minimum Gasteiger partial charge on any atom is -0.0842 e. The largest absolute Gasteiger partial charge is 0.0842 e. The molecule has 0 aliphatic heterocycles. The molecule has 0 aromatic rings. The molecular weight excluding hydrogens is 343 g/mol. The molecule has 0 radical (unpaired) electrons. The Morgan fingerprint density at radius 1 is 0.895 bits per heavy atom. The van der Waals surface area contributed by atoms with Gasteiger partial charge in [-0.3, -0.25) is 0 Å². The molecule has 0 nitrogen and oxygen atoms in total. The highest BCUT2D eigenvalue weighted by molar-refractivity contribution is 14.1. The minimum atomic E-state index is 0.750. The molecular formula is C18H21I. The molecule has 1 heteroatoms. The molecule has 2 unspecified atom stereocenters. The fourth-order valence-corrected chi connectivity index (χ4v) is 4.24. The summed E-state index contributed by atoms with van der Waals surface area (Å²) in [5.41, 5.74) is 3.37. The van der Waals surface area contributed by atoms with Crippen LogP contribution in [0.3, 0.4) is 0 Å². The minimum absolute atomic E-state index is 0.750. The number of rotatable bonds is 2. The summed E-state index contributed by atoms with van der Waals surface area (Å²) in [7, 11) is 0. The van der Waals surface area contributed by atoms with Gasteiger partial charge in [-0.1, -0.05) is 53.7 Å². The molecule has 100 valence electrons. The molecule has 19 heavy (non-hydrogen) atoms. The van der Waals surface area contributed by atoms with Crippen molar-refractivity contribution in [2.24, 2.45) is 11.8 Å². The first-order valence-electron chi connectivity index (χ1n) is 7.40. The smallest absolute Gasteiger partial charge is 0.00865 e. The van der Waals surface area contributed by atoms with E-state index < -0.39 is 0 Å². The first-order valence-corrected chi connectivity index (χ1v) is 8.48. The Morgan fingerprint density at radius 3 is 2.11 bits per heavy atom. The summed E-state index contributed by atoms with van der Waals surface area (Å²) in [6.07, 6.45) is 23.8. The third kappa shape index (κ3) is 3.13. The van der Waals surface area contributed by atoms with Crippen LogP contribution in [0.25, 0.3) is 0 Å². The van der Waals surface area contributed by atoms with Crippen LogP contribution in [0.4, 0.5) is 0 Å². The first-order chi connectivity index (χ1) is 9.34. The zero-order valence-electron chi connectivity index (χ0n) is 11.3. The fourth-order valence-electron chi connectivity index (χ4n) is 3.51. The highest BCUT2D eigenvalue weighted by Crippen LogP contribution is 2.44. The molecule has 0 bridgehead atoms. The normalized spacial score (nSPS) is 30.7. The Hall–Kier alpha value is -0.570. The molecule has 0 amide bonds. The summed E-state index contributed by atoms with van der Waals surface area (Å²) in [4.78, 5) is 0. The van der Waals surface area contributed by atoms with Gasteiger partial charge in [0, 0.05) is 0 Å². The Labute approximate surface area is 130 Å². The van der Waals surface area contributed by atoms with E-state index in [0.717, 1.165) is 11.8 Å². The lowest BCUT2D eigenvalue weighted by Crippen LogP contribution is -2.23. The number of allylic oxidation sites excluding steroid dienone is 10. The van der Waals surface area contributed by atoms with Crippen molar-refractivity contribution in [3.63, 3.8) is 0 Å². The van der Waals surface area contributed by atoms with Crippen LogP contribution in [0.2, 0.25) is 0 Å². The Morgan fingerprint density at radius 2 is 1.53 bits per heavy atom. The summed E-state index contributed by atoms with van der Waals surface area (Å²) in [6, 6.07) is 0. The molecule has 0 fully saturated rings. The summed E-state index contributed by atoms with van der Waals surface area (Å²) in [6.45, 7) is 0. The zero-order chi connectivity index (χ0) is 13.1. The maximum atomic E-state index is 2.53. The van der Waals surface area contributed by atoms with E-state index >= 15 is 0 Å². The quantitative estimate of drug-likeness (QED) is 0.537. The van der Waals surface area contributed by atoms with Gasteiger partial charge < -0.3 is 0 Å². The second-order valence-electron chi connectivity index (χ2n) is 5.72. The highest BCUT2D eigenvalue weighted by atomic mass is 127. The number of halogens is 1. The third-order valence-corrected chi connectivity index (χ3v) is 5.42. The van der Waals surface area contributed by atoms with Gasteiger partial charge in [-0.15, -0.1) is 0 Å². The predicted molar refractivity (Wildman–Crippen MR) is 91.2 cm³/mol. The monoisotopic (exact) mass is 364 g/mol. The first kappa shape index (κ1) is 13.4. The van der Waals surface area contributed by atoms with Gasteiger partial charge in [-0.25, -0.2) is 0 Å². The van der Waals surface area contributed by atoms with E-state index in [2.05, 4.69) is 65.1 Å². The Kier molecular flexibility index (Phi) is 4.42.